The highest BCUT2D eigenvalue weighted by Gasteiger charge is 2.22. The third kappa shape index (κ3) is 5.16. The van der Waals surface area contributed by atoms with Crippen molar-refractivity contribution in [1.29, 1.82) is 0 Å². The summed E-state index contributed by atoms with van der Waals surface area (Å²) in [5.41, 5.74) is 2.24. The maximum Gasteiger partial charge on any atom is 0.246 e. The first-order valence-corrected chi connectivity index (χ1v) is 10.1. The Morgan fingerprint density at radius 1 is 1.13 bits per heavy atom. The van der Waals surface area contributed by atoms with Crippen LogP contribution in [0.5, 0.6) is 11.6 Å². The Kier molecular flexibility index (Phi) is 6.07. The van der Waals surface area contributed by atoms with Gasteiger partial charge in [0.05, 0.1) is 6.20 Å². The average Bonchev–Trinajstić information content (AvgIpc) is 3.22. The van der Waals surface area contributed by atoms with Crippen LogP contribution in [0.15, 0.2) is 67.1 Å². The van der Waals surface area contributed by atoms with Gasteiger partial charge < -0.3 is 20.3 Å². The standard InChI is InChI=1S/C23H23N5O3/c1-16(26-17-7-9-20(10-8-17)31-21-15-24-11-12-25-21)23(30)27-18-4-2-5-19(14-18)28-13-3-6-22(28)29/h2,4-5,7-12,14-16,26H,3,6,13H2,1H3,(H,27,30). The van der Waals surface area contributed by atoms with E-state index in [1.807, 2.05) is 36.4 Å². The van der Waals surface area contributed by atoms with Crippen molar-refractivity contribution in [2.75, 3.05) is 22.1 Å². The van der Waals surface area contributed by atoms with Gasteiger partial charge in [-0.15, -0.1) is 0 Å². The van der Waals surface area contributed by atoms with Gasteiger partial charge in [-0.3, -0.25) is 14.6 Å². The molecule has 0 spiro atoms. The van der Waals surface area contributed by atoms with E-state index in [9.17, 15) is 9.59 Å². The van der Waals surface area contributed by atoms with Crippen molar-refractivity contribution in [1.82, 2.24) is 9.97 Å². The lowest BCUT2D eigenvalue weighted by molar-refractivity contribution is -0.117. The Hall–Kier alpha value is -3.94. The summed E-state index contributed by atoms with van der Waals surface area (Å²) < 4.78 is 5.62. The van der Waals surface area contributed by atoms with E-state index in [-0.39, 0.29) is 11.8 Å². The molecule has 31 heavy (non-hydrogen) atoms. The van der Waals surface area contributed by atoms with Crippen LogP contribution in [-0.2, 0) is 9.59 Å². The highest BCUT2D eigenvalue weighted by molar-refractivity contribution is 5.98. The van der Waals surface area contributed by atoms with Crippen molar-refractivity contribution in [3.05, 3.63) is 67.1 Å². The Balaban J connectivity index is 1.34. The first-order chi connectivity index (χ1) is 15.1. The molecule has 2 amide bonds. The number of rotatable bonds is 7. The van der Waals surface area contributed by atoms with Crippen LogP contribution in [0.1, 0.15) is 19.8 Å². The lowest BCUT2D eigenvalue weighted by atomic mass is 10.2. The number of hydrogen-bond acceptors (Lipinski definition) is 6. The van der Waals surface area contributed by atoms with Gasteiger partial charge >= 0.3 is 0 Å². The monoisotopic (exact) mass is 417 g/mol. The maximum absolute atomic E-state index is 12.6. The lowest BCUT2D eigenvalue weighted by Gasteiger charge is -2.18. The Morgan fingerprint density at radius 2 is 1.97 bits per heavy atom. The average molecular weight is 417 g/mol. The zero-order chi connectivity index (χ0) is 21.6. The number of carbonyl (C=O) groups is 2. The largest absolute Gasteiger partial charge is 0.438 e. The number of anilines is 3. The number of nitrogens with zero attached hydrogens (tertiary/aromatic N) is 3. The predicted octanol–water partition coefficient (Wildman–Crippen LogP) is 3.83. The molecular formula is C23H23N5O3. The molecule has 0 saturated carbocycles. The summed E-state index contributed by atoms with van der Waals surface area (Å²) in [5.74, 6) is 0.972. The van der Waals surface area contributed by atoms with Crippen LogP contribution < -0.4 is 20.3 Å². The summed E-state index contributed by atoms with van der Waals surface area (Å²) >= 11 is 0. The van der Waals surface area contributed by atoms with Gasteiger partial charge in [-0.25, -0.2) is 4.98 Å². The Morgan fingerprint density at radius 3 is 2.68 bits per heavy atom. The molecule has 8 heteroatoms. The molecule has 0 bridgehead atoms. The molecule has 1 aromatic heterocycles. The van der Waals surface area contributed by atoms with Crippen molar-refractivity contribution in [2.24, 2.45) is 0 Å². The summed E-state index contributed by atoms with van der Waals surface area (Å²) in [6.07, 6.45) is 6.10. The fourth-order valence-corrected chi connectivity index (χ4v) is 3.32. The zero-order valence-corrected chi connectivity index (χ0v) is 17.1. The summed E-state index contributed by atoms with van der Waals surface area (Å²) in [4.78, 5) is 34.4. The molecule has 2 aromatic carbocycles. The van der Waals surface area contributed by atoms with Crippen LogP contribution >= 0.6 is 0 Å². The molecule has 158 valence electrons. The topological polar surface area (TPSA) is 96.4 Å². The van der Waals surface area contributed by atoms with Crippen LogP contribution in [0.3, 0.4) is 0 Å². The van der Waals surface area contributed by atoms with E-state index in [4.69, 9.17) is 4.74 Å². The van der Waals surface area contributed by atoms with Gasteiger partial charge in [-0.1, -0.05) is 6.07 Å². The second-order valence-electron chi connectivity index (χ2n) is 7.22. The third-order valence-corrected chi connectivity index (χ3v) is 4.89. The van der Waals surface area contributed by atoms with E-state index in [1.54, 1.807) is 36.4 Å². The summed E-state index contributed by atoms with van der Waals surface area (Å²) in [5, 5.41) is 6.08. The quantitative estimate of drug-likeness (QED) is 0.606. The normalized spacial score (nSPS) is 14.2. The molecule has 1 aliphatic rings. The molecule has 1 saturated heterocycles. The molecule has 1 unspecified atom stereocenters. The molecule has 2 heterocycles. The van der Waals surface area contributed by atoms with Crippen LogP contribution in [0, 0.1) is 0 Å². The van der Waals surface area contributed by atoms with E-state index in [2.05, 4.69) is 20.6 Å². The van der Waals surface area contributed by atoms with Crippen LogP contribution in [0.4, 0.5) is 17.1 Å². The second-order valence-corrected chi connectivity index (χ2v) is 7.22. The lowest BCUT2D eigenvalue weighted by Crippen LogP contribution is -2.32. The molecule has 1 atom stereocenters. The number of amides is 2. The van der Waals surface area contributed by atoms with Gasteiger partial charge in [0.15, 0.2) is 0 Å². The van der Waals surface area contributed by atoms with Gasteiger partial charge in [0, 0.05) is 42.4 Å². The molecular weight excluding hydrogens is 394 g/mol. The predicted molar refractivity (Wildman–Crippen MR) is 118 cm³/mol. The van der Waals surface area contributed by atoms with Gasteiger partial charge in [0.2, 0.25) is 17.7 Å². The number of benzene rings is 2. The highest BCUT2D eigenvalue weighted by atomic mass is 16.5. The van der Waals surface area contributed by atoms with Crippen molar-refractivity contribution < 1.29 is 14.3 Å². The number of carbonyl (C=O) groups excluding carboxylic acids is 2. The van der Waals surface area contributed by atoms with Crippen molar-refractivity contribution in [2.45, 2.75) is 25.8 Å². The molecule has 0 radical (unpaired) electrons. The second kappa shape index (κ2) is 9.25. The summed E-state index contributed by atoms with van der Waals surface area (Å²) in [6, 6.07) is 14.1. The minimum Gasteiger partial charge on any atom is -0.438 e. The first-order valence-electron chi connectivity index (χ1n) is 10.1. The van der Waals surface area contributed by atoms with Crippen LogP contribution in [-0.4, -0.2) is 34.4 Å². The SMILES string of the molecule is CC(Nc1ccc(Oc2cnccn2)cc1)C(=O)Nc1cccc(N2CCCC2=O)c1. The molecule has 1 aliphatic heterocycles. The fourth-order valence-electron chi connectivity index (χ4n) is 3.32. The smallest absolute Gasteiger partial charge is 0.246 e. The van der Waals surface area contributed by atoms with E-state index >= 15 is 0 Å². The maximum atomic E-state index is 12.6. The number of ether oxygens (including phenoxy) is 1. The van der Waals surface area contributed by atoms with E-state index < -0.39 is 6.04 Å². The van der Waals surface area contributed by atoms with Crippen molar-refractivity contribution in [3.63, 3.8) is 0 Å². The minimum absolute atomic E-state index is 0.116. The molecule has 2 N–H and O–H groups in total. The van der Waals surface area contributed by atoms with Crippen molar-refractivity contribution in [3.8, 4) is 11.6 Å². The van der Waals surface area contributed by atoms with Crippen LogP contribution in [0.25, 0.3) is 0 Å². The van der Waals surface area contributed by atoms with E-state index in [0.29, 0.717) is 30.3 Å². The van der Waals surface area contributed by atoms with Gasteiger partial charge in [-0.2, -0.15) is 0 Å². The first kappa shape index (κ1) is 20.3. The van der Waals surface area contributed by atoms with Gasteiger partial charge in [-0.05, 0) is 55.8 Å². The molecule has 1 fully saturated rings. The fraction of sp³-hybridized carbons (Fsp3) is 0.217. The summed E-state index contributed by atoms with van der Waals surface area (Å²) in [7, 11) is 0. The molecule has 3 aromatic rings. The van der Waals surface area contributed by atoms with E-state index in [0.717, 1.165) is 17.8 Å². The van der Waals surface area contributed by atoms with E-state index in [1.165, 1.54) is 6.20 Å². The number of aromatic nitrogens is 2. The molecule has 0 aliphatic carbocycles. The molecule has 4 rings (SSSR count). The molecule has 8 nitrogen and oxygen atoms in total. The Labute approximate surface area is 180 Å². The third-order valence-electron chi connectivity index (χ3n) is 4.89. The van der Waals surface area contributed by atoms with Gasteiger partial charge in [0.1, 0.15) is 11.8 Å². The van der Waals surface area contributed by atoms with Gasteiger partial charge in [0.25, 0.3) is 0 Å². The number of nitrogens with one attached hydrogen (secondary N) is 2. The Bertz CT molecular complexity index is 1060. The van der Waals surface area contributed by atoms with Crippen molar-refractivity contribution >= 4 is 28.9 Å². The highest BCUT2D eigenvalue weighted by Crippen LogP contribution is 2.25. The summed E-state index contributed by atoms with van der Waals surface area (Å²) in [6.45, 7) is 2.50. The zero-order valence-electron chi connectivity index (χ0n) is 17.1. The number of hydrogen-bond donors (Lipinski definition) is 2. The van der Waals surface area contributed by atoms with Crippen LogP contribution in [0.2, 0.25) is 0 Å². The minimum atomic E-state index is -0.469.